The maximum atomic E-state index is 11.9. The number of aromatic nitrogens is 3. The highest BCUT2D eigenvalue weighted by Crippen LogP contribution is 2.36. The van der Waals surface area contributed by atoms with Crippen LogP contribution in [0.3, 0.4) is 0 Å². The van der Waals surface area contributed by atoms with Crippen LogP contribution in [-0.4, -0.2) is 47.1 Å². The highest BCUT2D eigenvalue weighted by atomic mass is 16.6. The van der Waals surface area contributed by atoms with E-state index in [4.69, 9.17) is 9.47 Å². The molecule has 0 radical (unpaired) electrons. The molecule has 0 unspecified atom stereocenters. The molecule has 6 bridgehead atoms. The summed E-state index contributed by atoms with van der Waals surface area (Å²) in [4.78, 5) is 16.5. The van der Waals surface area contributed by atoms with Gasteiger partial charge in [-0.1, -0.05) is 6.07 Å². The third kappa shape index (κ3) is 4.13. The molecule has 1 saturated carbocycles. The van der Waals surface area contributed by atoms with Gasteiger partial charge in [0.05, 0.1) is 13.2 Å². The molecular formula is C18H23N5O3. The first-order valence-electron chi connectivity index (χ1n) is 9.07. The summed E-state index contributed by atoms with van der Waals surface area (Å²) >= 11 is 0. The minimum Gasteiger partial charge on any atom is -0.446 e. The van der Waals surface area contributed by atoms with Gasteiger partial charge in [0.25, 0.3) is 0 Å². The number of carbonyl (C=O) groups is 1. The summed E-state index contributed by atoms with van der Waals surface area (Å²) in [7, 11) is 0. The van der Waals surface area contributed by atoms with E-state index in [1.807, 2.05) is 24.3 Å². The van der Waals surface area contributed by atoms with Crippen molar-refractivity contribution in [1.82, 2.24) is 20.5 Å². The van der Waals surface area contributed by atoms with Crippen LogP contribution in [0.5, 0.6) is 0 Å². The second-order valence-corrected chi connectivity index (χ2v) is 6.67. The van der Waals surface area contributed by atoms with E-state index in [-0.39, 0.29) is 12.2 Å². The van der Waals surface area contributed by atoms with E-state index >= 15 is 0 Å². The standard InChI is InChI=1S/C18H23N5O3/c24-18-19-7-9-25-8-6-13-2-1-3-16(20-13)21-17-11-15(22-23-17)12-4-5-14(10-12)26-18/h1-3,11-12,14H,4-10H2,(H,19,24)(H2,20,21,22,23)/t12-,14+/m0/s1. The molecule has 26 heavy (non-hydrogen) atoms. The van der Waals surface area contributed by atoms with Crippen LogP contribution in [0.4, 0.5) is 16.4 Å². The van der Waals surface area contributed by atoms with Crippen molar-refractivity contribution in [2.75, 3.05) is 25.1 Å². The molecule has 2 aromatic rings. The SMILES string of the molecule is O=C1NCCOCCc2cccc(n2)Nc2cc([nH]n2)[C@H]2CC[C@H](C2)O1. The Bertz CT molecular complexity index is 763. The molecule has 0 spiro atoms. The number of H-pyrrole nitrogens is 1. The first kappa shape index (κ1) is 16.8. The monoisotopic (exact) mass is 357 g/mol. The third-order valence-corrected chi connectivity index (χ3v) is 4.78. The van der Waals surface area contributed by atoms with Gasteiger partial charge in [-0.05, 0) is 31.4 Å². The Morgan fingerprint density at radius 3 is 3.08 bits per heavy atom. The van der Waals surface area contributed by atoms with Gasteiger partial charge in [0.1, 0.15) is 11.9 Å². The van der Waals surface area contributed by atoms with Gasteiger partial charge in [-0.2, -0.15) is 5.10 Å². The smallest absolute Gasteiger partial charge is 0.407 e. The molecule has 1 aliphatic heterocycles. The molecule has 1 fully saturated rings. The molecule has 2 aromatic heterocycles. The quantitative estimate of drug-likeness (QED) is 0.670. The van der Waals surface area contributed by atoms with E-state index in [2.05, 4.69) is 25.8 Å². The van der Waals surface area contributed by atoms with Gasteiger partial charge in [-0.3, -0.25) is 5.10 Å². The van der Waals surface area contributed by atoms with Crippen LogP contribution in [0, 0.1) is 0 Å². The fourth-order valence-corrected chi connectivity index (χ4v) is 3.46. The maximum absolute atomic E-state index is 11.9. The lowest BCUT2D eigenvalue weighted by Gasteiger charge is -2.13. The molecule has 3 heterocycles. The minimum atomic E-state index is -0.373. The lowest BCUT2D eigenvalue weighted by Crippen LogP contribution is -2.30. The van der Waals surface area contributed by atoms with E-state index in [1.54, 1.807) is 0 Å². The molecule has 4 rings (SSSR count). The second kappa shape index (κ2) is 7.74. The first-order valence-corrected chi connectivity index (χ1v) is 9.07. The van der Waals surface area contributed by atoms with Gasteiger partial charge in [0.15, 0.2) is 5.82 Å². The van der Waals surface area contributed by atoms with Gasteiger partial charge < -0.3 is 20.1 Å². The number of fused-ring (bicyclic) bond motifs is 7. The molecule has 0 aromatic carbocycles. The highest BCUT2D eigenvalue weighted by molar-refractivity contribution is 5.67. The van der Waals surface area contributed by atoms with E-state index in [0.717, 1.165) is 42.3 Å². The van der Waals surface area contributed by atoms with Gasteiger partial charge >= 0.3 is 6.09 Å². The number of carbonyl (C=O) groups excluding carboxylic acids is 1. The van der Waals surface area contributed by atoms with Crippen molar-refractivity contribution in [2.24, 2.45) is 0 Å². The van der Waals surface area contributed by atoms with E-state index < -0.39 is 0 Å². The maximum Gasteiger partial charge on any atom is 0.407 e. The summed E-state index contributed by atoms with van der Waals surface area (Å²) < 4.78 is 11.1. The molecular weight excluding hydrogens is 334 g/mol. The second-order valence-electron chi connectivity index (χ2n) is 6.67. The number of anilines is 2. The molecule has 1 aliphatic carbocycles. The molecule has 8 heteroatoms. The van der Waals surface area contributed by atoms with Crippen molar-refractivity contribution >= 4 is 17.7 Å². The molecule has 138 valence electrons. The fourth-order valence-electron chi connectivity index (χ4n) is 3.46. The van der Waals surface area contributed by atoms with E-state index in [0.29, 0.717) is 32.1 Å². The minimum absolute atomic E-state index is 0.0575. The van der Waals surface area contributed by atoms with E-state index in [1.165, 1.54) is 0 Å². The third-order valence-electron chi connectivity index (χ3n) is 4.78. The van der Waals surface area contributed by atoms with Crippen molar-refractivity contribution in [3.8, 4) is 0 Å². The average Bonchev–Trinajstić information content (AvgIpc) is 3.27. The number of hydrogen-bond donors (Lipinski definition) is 3. The number of hydrogen-bond acceptors (Lipinski definition) is 6. The van der Waals surface area contributed by atoms with Crippen LogP contribution in [-0.2, 0) is 15.9 Å². The van der Waals surface area contributed by atoms with Crippen LogP contribution in [0.25, 0.3) is 0 Å². The van der Waals surface area contributed by atoms with Gasteiger partial charge in [-0.25, -0.2) is 9.78 Å². The largest absolute Gasteiger partial charge is 0.446 e. The summed E-state index contributed by atoms with van der Waals surface area (Å²) in [5.41, 5.74) is 2.00. The zero-order chi connectivity index (χ0) is 17.8. The number of nitrogens with one attached hydrogen (secondary N) is 3. The number of amides is 1. The molecule has 2 atom stereocenters. The van der Waals surface area contributed by atoms with Crippen molar-refractivity contribution in [3.63, 3.8) is 0 Å². The number of ether oxygens (including phenoxy) is 2. The highest BCUT2D eigenvalue weighted by Gasteiger charge is 2.29. The molecule has 2 aliphatic rings. The zero-order valence-corrected chi connectivity index (χ0v) is 14.5. The normalized spacial score (nSPS) is 23.9. The Morgan fingerprint density at radius 2 is 2.12 bits per heavy atom. The summed E-state index contributed by atoms with van der Waals surface area (Å²) in [5.74, 6) is 1.82. The Kier molecular flexibility index (Phi) is 5.01. The first-order chi connectivity index (χ1) is 12.8. The van der Waals surface area contributed by atoms with Gasteiger partial charge in [-0.15, -0.1) is 0 Å². The zero-order valence-electron chi connectivity index (χ0n) is 14.5. The number of nitrogens with zero attached hydrogens (tertiary/aromatic N) is 2. The Balaban J connectivity index is 1.51. The van der Waals surface area contributed by atoms with Crippen LogP contribution in [0.1, 0.15) is 36.6 Å². The van der Waals surface area contributed by atoms with Crippen molar-refractivity contribution in [2.45, 2.75) is 37.7 Å². The number of pyridine rings is 1. The van der Waals surface area contributed by atoms with Crippen molar-refractivity contribution in [1.29, 1.82) is 0 Å². The van der Waals surface area contributed by atoms with Gasteiger partial charge in [0.2, 0.25) is 0 Å². The Labute approximate surface area is 151 Å². The summed E-state index contributed by atoms with van der Waals surface area (Å²) in [5, 5.41) is 13.4. The predicted octanol–water partition coefficient (Wildman–Crippen LogP) is 2.48. The van der Waals surface area contributed by atoms with Gasteiger partial charge in [0, 0.05) is 36.3 Å². The van der Waals surface area contributed by atoms with Crippen LogP contribution in [0.2, 0.25) is 0 Å². The van der Waals surface area contributed by atoms with Crippen LogP contribution in [0.15, 0.2) is 24.3 Å². The van der Waals surface area contributed by atoms with Crippen LogP contribution >= 0.6 is 0 Å². The average molecular weight is 357 g/mol. The Hall–Kier alpha value is -2.61. The molecule has 0 saturated heterocycles. The summed E-state index contributed by atoms with van der Waals surface area (Å²) in [6.07, 6.45) is 2.91. The summed E-state index contributed by atoms with van der Waals surface area (Å²) in [6.45, 7) is 1.44. The molecule has 8 nitrogen and oxygen atoms in total. The lowest BCUT2D eigenvalue weighted by atomic mass is 10.0. The van der Waals surface area contributed by atoms with Crippen molar-refractivity contribution < 1.29 is 14.3 Å². The predicted molar refractivity (Wildman–Crippen MR) is 95.5 cm³/mol. The number of alkyl carbamates (subject to hydrolysis) is 1. The number of aromatic amines is 1. The Morgan fingerprint density at radius 1 is 1.15 bits per heavy atom. The fraction of sp³-hybridized carbons (Fsp3) is 0.500. The number of rotatable bonds is 0. The van der Waals surface area contributed by atoms with Crippen LogP contribution < -0.4 is 10.6 Å². The topological polar surface area (TPSA) is 101 Å². The van der Waals surface area contributed by atoms with E-state index in [9.17, 15) is 4.79 Å². The lowest BCUT2D eigenvalue weighted by molar-refractivity contribution is 0.0930. The summed E-state index contributed by atoms with van der Waals surface area (Å²) in [6, 6.07) is 7.87. The molecule has 3 N–H and O–H groups in total. The molecule has 1 amide bonds. The van der Waals surface area contributed by atoms with Crippen molar-refractivity contribution in [3.05, 3.63) is 35.7 Å².